The lowest BCUT2D eigenvalue weighted by molar-refractivity contribution is -0.137. The Balaban J connectivity index is 1.47. The van der Waals surface area contributed by atoms with E-state index in [9.17, 15) is 30.4 Å². The maximum absolute atomic E-state index is 13.5. The first kappa shape index (κ1) is 22.6. The van der Waals surface area contributed by atoms with Crippen LogP contribution in [-0.2, 0) is 16.2 Å². The Morgan fingerprint density at radius 2 is 1.59 bits per heavy atom. The third-order valence-electron chi connectivity index (χ3n) is 4.96. The zero-order valence-corrected chi connectivity index (χ0v) is 17.9. The minimum absolute atomic E-state index is 0.0576. The smallest absolute Gasteiger partial charge is 0.345 e. The van der Waals surface area contributed by atoms with Crippen LogP contribution in [0.25, 0.3) is 11.3 Å². The lowest BCUT2D eigenvalue weighted by atomic mass is 10.1. The van der Waals surface area contributed by atoms with E-state index in [4.69, 9.17) is 0 Å². The van der Waals surface area contributed by atoms with Crippen LogP contribution in [0.2, 0.25) is 0 Å². The first-order valence-electron chi connectivity index (χ1n) is 9.38. The van der Waals surface area contributed by atoms with Gasteiger partial charge in [-0.1, -0.05) is 6.07 Å². The highest BCUT2D eigenvalue weighted by Crippen LogP contribution is 2.32. The summed E-state index contributed by atoms with van der Waals surface area (Å²) in [4.78, 5) is 5.80. The van der Waals surface area contributed by atoms with Crippen LogP contribution < -0.4 is 4.90 Å². The minimum Gasteiger partial charge on any atom is -0.345 e. The Labute approximate surface area is 184 Å². The summed E-state index contributed by atoms with van der Waals surface area (Å²) in [5, 5.41) is 2.20. The second-order valence-corrected chi connectivity index (χ2v) is 9.86. The Morgan fingerprint density at radius 1 is 0.938 bits per heavy atom. The largest absolute Gasteiger partial charge is 0.416 e. The molecule has 1 aliphatic heterocycles. The molecule has 32 heavy (non-hydrogen) atoms. The number of piperazine rings is 1. The van der Waals surface area contributed by atoms with Crippen LogP contribution in [0.15, 0.2) is 52.7 Å². The van der Waals surface area contributed by atoms with E-state index in [2.05, 4.69) is 4.98 Å². The molecule has 3 aromatic rings. The van der Waals surface area contributed by atoms with Crippen LogP contribution in [0.1, 0.15) is 5.56 Å². The summed E-state index contributed by atoms with van der Waals surface area (Å²) in [5.41, 5.74) is -0.348. The van der Waals surface area contributed by atoms with Gasteiger partial charge in [0.15, 0.2) is 5.13 Å². The molecule has 1 fully saturated rings. The van der Waals surface area contributed by atoms with Gasteiger partial charge in [0.25, 0.3) is 0 Å². The van der Waals surface area contributed by atoms with E-state index in [0.29, 0.717) is 16.9 Å². The van der Waals surface area contributed by atoms with Crippen LogP contribution in [0.4, 0.5) is 27.1 Å². The number of aromatic nitrogens is 1. The second kappa shape index (κ2) is 8.41. The molecule has 170 valence electrons. The molecule has 1 aromatic heterocycles. The van der Waals surface area contributed by atoms with E-state index in [1.54, 1.807) is 5.38 Å². The molecule has 0 amide bonds. The fourth-order valence-corrected chi connectivity index (χ4v) is 5.70. The molecular formula is C20H16F5N3O2S2. The molecule has 0 bridgehead atoms. The van der Waals surface area contributed by atoms with Crippen molar-refractivity contribution in [3.63, 3.8) is 0 Å². The zero-order chi connectivity index (χ0) is 23.1. The van der Waals surface area contributed by atoms with Crippen molar-refractivity contribution in [2.75, 3.05) is 31.1 Å². The molecule has 2 heterocycles. The number of hydrogen-bond donors (Lipinski definition) is 0. The van der Waals surface area contributed by atoms with Gasteiger partial charge in [0.2, 0.25) is 10.0 Å². The molecule has 0 unspecified atom stereocenters. The molecule has 0 N–H and O–H groups in total. The van der Waals surface area contributed by atoms with Gasteiger partial charge in [-0.25, -0.2) is 22.2 Å². The number of sulfonamides is 1. The third-order valence-corrected chi connectivity index (χ3v) is 7.75. The highest BCUT2D eigenvalue weighted by Gasteiger charge is 2.34. The van der Waals surface area contributed by atoms with Gasteiger partial charge in [-0.3, -0.25) is 0 Å². The number of rotatable bonds is 4. The summed E-state index contributed by atoms with van der Waals surface area (Å²) >= 11 is 1.25. The maximum atomic E-state index is 13.5. The molecule has 4 rings (SSSR count). The molecule has 0 saturated carbocycles. The van der Waals surface area contributed by atoms with Crippen molar-refractivity contribution in [3.05, 3.63) is 65.0 Å². The molecule has 12 heteroatoms. The third kappa shape index (κ3) is 4.62. The summed E-state index contributed by atoms with van der Waals surface area (Å²) < 4.78 is 92.5. The van der Waals surface area contributed by atoms with Crippen molar-refractivity contribution >= 4 is 26.5 Å². The number of hydrogen-bond acceptors (Lipinski definition) is 5. The molecule has 2 aromatic carbocycles. The van der Waals surface area contributed by atoms with Gasteiger partial charge < -0.3 is 4.90 Å². The van der Waals surface area contributed by atoms with Crippen LogP contribution in [0, 0.1) is 11.6 Å². The summed E-state index contributed by atoms with van der Waals surface area (Å²) in [7, 11) is -4.09. The standard InChI is InChI=1S/C20H16F5N3O2S2/c21-15-8-13(9-16(22)11-15)18-12-31-19(26-18)27-4-6-28(7-5-27)32(29,30)17-3-1-2-14(10-17)20(23,24)25/h1-3,8-12H,4-7H2. The quantitative estimate of drug-likeness (QED) is 0.502. The van der Waals surface area contributed by atoms with E-state index in [-0.39, 0.29) is 31.7 Å². The average molecular weight is 489 g/mol. The Morgan fingerprint density at radius 3 is 2.22 bits per heavy atom. The highest BCUT2D eigenvalue weighted by atomic mass is 32.2. The number of halogens is 5. The normalized spacial score (nSPS) is 15.8. The topological polar surface area (TPSA) is 53.5 Å². The van der Waals surface area contributed by atoms with E-state index >= 15 is 0 Å². The Hall–Kier alpha value is -2.57. The fourth-order valence-electron chi connectivity index (χ4n) is 3.35. The van der Waals surface area contributed by atoms with Gasteiger partial charge in [-0.15, -0.1) is 11.3 Å². The second-order valence-electron chi connectivity index (χ2n) is 7.09. The van der Waals surface area contributed by atoms with E-state index in [1.165, 1.54) is 23.5 Å². The van der Waals surface area contributed by atoms with Crippen molar-refractivity contribution in [2.45, 2.75) is 11.1 Å². The first-order chi connectivity index (χ1) is 15.0. The molecule has 0 spiro atoms. The van der Waals surface area contributed by atoms with Crippen LogP contribution in [0.5, 0.6) is 0 Å². The van der Waals surface area contributed by atoms with E-state index in [0.717, 1.165) is 28.6 Å². The predicted molar refractivity (Wildman–Crippen MR) is 110 cm³/mol. The monoisotopic (exact) mass is 489 g/mol. The SMILES string of the molecule is O=S(=O)(c1cccc(C(F)(F)F)c1)N1CCN(c2nc(-c3cc(F)cc(F)c3)cs2)CC1. The molecule has 5 nitrogen and oxygen atoms in total. The lowest BCUT2D eigenvalue weighted by Gasteiger charge is -2.33. The van der Waals surface area contributed by atoms with Gasteiger partial charge in [-0.05, 0) is 30.3 Å². The first-order valence-corrected chi connectivity index (χ1v) is 11.7. The van der Waals surface area contributed by atoms with Gasteiger partial charge in [0, 0.05) is 43.2 Å². The summed E-state index contributed by atoms with van der Waals surface area (Å²) in [6, 6.07) is 6.76. The highest BCUT2D eigenvalue weighted by molar-refractivity contribution is 7.89. The fraction of sp³-hybridized carbons (Fsp3) is 0.250. The molecule has 1 aliphatic rings. The molecule has 1 saturated heterocycles. The molecule has 0 atom stereocenters. The van der Waals surface area contributed by atoms with Gasteiger partial charge >= 0.3 is 6.18 Å². The van der Waals surface area contributed by atoms with Crippen molar-refractivity contribution in [1.82, 2.24) is 9.29 Å². The Bertz CT molecular complexity index is 1220. The molecule has 0 aliphatic carbocycles. The van der Waals surface area contributed by atoms with E-state index < -0.39 is 38.3 Å². The van der Waals surface area contributed by atoms with Crippen LogP contribution in [-0.4, -0.2) is 43.9 Å². The van der Waals surface area contributed by atoms with Gasteiger partial charge in [0.05, 0.1) is 16.2 Å². The summed E-state index contributed by atoms with van der Waals surface area (Å²) in [6.07, 6.45) is -4.64. The Kier molecular flexibility index (Phi) is 5.94. The van der Waals surface area contributed by atoms with Crippen molar-refractivity contribution < 1.29 is 30.4 Å². The number of alkyl halides is 3. The van der Waals surface area contributed by atoms with Crippen LogP contribution >= 0.6 is 11.3 Å². The van der Waals surface area contributed by atoms with Crippen molar-refractivity contribution in [3.8, 4) is 11.3 Å². The van der Waals surface area contributed by atoms with Gasteiger partial charge in [-0.2, -0.15) is 17.5 Å². The minimum atomic E-state index is -4.64. The van der Waals surface area contributed by atoms with Crippen molar-refractivity contribution in [2.24, 2.45) is 0 Å². The summed E-state index contributed by atoms with van der Waals surface area (Å²) in [6.45, 7) is 0.648. The van der Waals surface area contributed by atoms with Crippen LogP contribution in [0.3, 0.4) is 0 Å². The predicted octanol–water partition coefficient (Wildman–Crippen LogP) is 4.62. The van der Waals surface area contributed by atoms with Crippen molar-refractivity contribution in [1.29, 1.82) is 0 Å². The maximum Gasteiger partial charge on any atom is 0.416 e. The number of nitrogens with zero attached hydrogens (tertiary/aromatic N) is 3. The molecular weight excluding hydrogens is 473 g/mol. The number of anilines is 1. The van der Waals surface area contributed by atoms with E-state index in [1.807, 2.05) is 4.90 Å². The number of benzene rings is 2. The lowest BCUT2D eigenvalue weighted by Crippen LogP contribution is -2.48. The summed E-state index contributed by atoms with van der Waals surface area (Å²) in [5.74, 6) is -1.44. The number of thiazole rings is 1. The van der Waals surface area contributed by atoms with Gasteiger partial charge in [0.1, 0.15) is 11.6 Å². The average Bonchev–Trinajstić information content (AvgIpc) is 3.23. The molecule has 0 radical (unpaired) electrons. The zero-order valence-electron chi connectivity index (χ0n) is 16.3.